The summed E-state index contributed by atoms with van der Waals surface area (Å²) in [6, 6.07) is 8.11. The molecule has 1 aromatic carbocycles. The number of hydrogen-bond acceptors (Lipinski definition) is 8. The smallest absolute Gasteiger partial charge is 0.323 e. The Balaban J connectivity index is 1.64. The number of fused-ring (bicyclic) bond motifs is 1. The normalized spacial score (nSPS) is 18.1. The molecule has 4 rings (SSSR count). The van der Waals surface area contributed by atoms with Crippen LogP contribution >= 0.6 is 0 Å². The van der Waals surface area contributed by atoms with Gasteiger partial charge in [-0.2, -0.15) is 0 Å². The first-order valence-corrected chi connectivity index (χ1v) is 13.0. The number of aliphatic hydroxyl groups excluding tert-OH is 1. The van der Waals surface area contributed by atoms with E-state index in [1.807, 2.05) is 33.0 Å². The molecule has 0 bridgehead atoms. The number of amides is 3. The Labute approximate surface area is 228 Å². The highest BCUT2D eigenvalue weighted by atomic mass is 16.5. The van der Waals surface area contributed by atoms with Crippen molar-refractivity contribution in [3.8, 4) is 5.75 Å². The van der Waals surface area contributed by atoms with Gasteiger partial charge in [-0.3, -0.25) is 14.7 Å². The lowest BCUT2D eigenvalue weighted by atomic mass is 9.99. The van der Waals surface area contributed by atoms with Crippen molar-refractivity contribution in [2.45, 2.75) is 46.4 Å². The molecule has 0 aliphatic carbocycles. The highest BCUT2D eigenvalue weighted by Crippen LogP contribution is 2.35. The van der Waals surface area contributed by atoms with E-state index in [1.54, 1.807) is 49.3 Å². The molecule has 3 heterocycles. The van der Waals surface area contributed by atoms with Gasteiger partial charge in [-0.25, -0.2) is 4.79 Å². The van der Waals surface area contributed by atoms with Crippen molar-refractivity contribution in [2.24, 2.45) is 5.92 Å². The summed E-state index contributed by atoms with van der Waals surface area (Å²) in [7, 11) is 2.01. The van der Waals surface area contributed by atoms with E-state index in [1.165, 1.54) is 0 Å². The number of aliphatic hydroxyl groups is 1. The third kappa shape index (κ3) is 6.55. The number of carbonyl (C=O) groups is 2. The van der Waals surface area contributed by atoms with Crippen LogP contribution in [0.15, 0.2) is 47.2 Å². The van der Waals surface area contributed by atoms with Gasteiger partial charge in [0.1, 0.15) is 17.5 Å². The van der Waals surface area contributed by atoms with Crippen LogP contribution in [-0.2, 0) is 6.54 Å². The fourth-order valence-electron chi connectivity index (χ4n) is 4.66. The fraction of sp³-hybridized carbons (Fsp3) is 0.429. The molecule has 0 radical (unpaired) electrons. The van der Waals surface area contributed by atoms with Crippen LogP contribution in [0.5, 0.6) is 5.75 Å². The Hall–Kier alpha value is -3.96. The zero-order valence-corrected chi connectivity index (χ0v) is 23.0. The van der Waals surface area contributed by atoms with Gasteiger partial charge in [0.25, 0.3) is 5.91 Å². The first kappa shape index (κ1) is 28.1. The Morgan fingerprint density at radius 3 is 2.64 bits per heavy atom. The lowest BCUT2D eigenvalue weighted by Gasteiger charge is -2.38. The molecule has 11 nitrogen and oxygen atoms in total. The van der Waals surface area contributed by atoms with Crippen LogP contribution in [0.25, 0.3) is 0 Å². The Morgan fingerprint density at radius 1 is 1.23 bits per heavy atom. The lowest BCUT2D eigenvalue weighted by molar-refractivity contribution is 0.0343. The molecule has 11 heteroatoms. The third-order valence-corrected chi connectivity index (χ3v) is 6.90. The van der Waals surface area contributed by atoms with Gasteiger partial charge < -0.3 is 29.9 Å². The van der Waals surface area contributed by atoms with Gasteiger partial charge in [0.05, 0.1) is 23.9 Å². The van der Waals surface area contributed by atoms with E-state index in [0.29, 0.717) is 53.8 Å². The van der Waals surface area contributed by atoms with Gasteiger partial charge >= 0.3 is 6.03 Å². The number of hydrogen-bond donors (Lipinski definition) is 3. The number of ether oxygens (including phenoxy) is 1. The van der Waals surface area contributed by atoms with E-state index in [9.17, 15) is 14.7 Å². The first-order chi connectivity index (χ1) is 18.7. The van der Waals surface area contributed by atoms with Crippen molar-refractivity contribution in [1.82, 2.24) is 19.9 Å². The highest BCUT2D eigenvalue weighted by molar-refractivity contribution is 6.04. The number of aromatic nitrogens is 2. The van der Waals surface area contributed by atoms with Gasteiger partial charge in [-0.05, 0) is 57.6 Å². The van der Waals surface area contributed by atoms with E-state index in [2.05, 4.69) is 25.7 Å². The molecule has 3 aromatic rings. The van der Waals surface area contributed by atoms with Gasteiger partial charge in [-0.1, -0.05) is 18.1 Å². The molecule has 39 heavy (non-hydrogen) atoms. The number of rotatable bonds is 8. The molecule has 3 N–H and O–H groups in total. The maximum absolute atomic E-state index is 13.7. The number of urea groups is 1. The summed E-state index contributed by atoms with van der Waals surface area (Å²) in [5.41, 5.74) is 2.83. The van der Waals surface area contributed by atoms with Crippen LogP contribution < -0.4 is 15.4 Å². The van der Waals surface area contributed by atoms with Crippen molar-refractivity contribution in [3.63, 3.8) is 0 Å². The van der Waals surface area contributed by atoms with Gasteiger partial charge in [0, 0.05) is 37.9 Å². The van der Waals surface area contributed by atoms with E-state index >= 15 is 0 Å². The summed E-state index contributed by atoms with van der Waals surface area (Å²) >= 11 is 0. The number of pyridine rings is 1. The van der Waals surface area contributed by atoms with Crippen molar-refractivity contribution in [1.29, 1.82) is 0 Å². The number of para-hydroxylation sites is 1. The van der Waals surface area contributed by atoms with Crippen LogP contribution in [0.1, 0.15) is 41.2 Å². The fourth-order valence-corrected chi connectivity index (χ4v) is 4.66. The Kier molecular flexibility index (Phi) is 8.82. The zero-order chi connectivity index (χ0) is 28.1. The number of anilines is 2. The molecule has 0 saturated heterocycles. The number of likely N-dealkylation sites (N-methyl/N-ethyl adjacent to an activating group) is 1. The Morgan fingerprint density at radius 2 is 1.97 bits per heavy atom. The molecule has 1 aliphatic rings. The second-order valence-corrected chi connectivity index (χ2v) is 10.1. The predicted octanol–water partition coefficient (Wildman–Crippen LogP) is 3.68. The lowest BCUT2D eigenvalue weighted by Crippen LogP contribution is -2.49. The van der Waals surface area contributed by atoms with Gasteiger partial charge in [0.2, 0.25) is 0 Å². The standard InChI is InChI=1S/C28H36N6O5/c1-17-13-34(18(2)16-35)27(36)22-7-6-8-23(30-28(37)31-25-19(3)32-39-20(25)4)26(22)38-24(17)15-33(5)14-21-9-11-29-12-10-21/h6-12,17-18,24,35H,13-16H2,1-5H3,(H2,30,31,37)/t17-,18+,24+/m0/s1. The molecule has 0 saturated carbocycles. The zero-order valence-electron chi connectivity index (χ0n) is 23.0. The van der Waals surface area contributed by atoms with Crippen LogP contribution in [-0.4, -0.2) is 75.9 Å². The molecule has 3 atom stereocenters. The average Bonchev–Trinajstić information content (AvgIpc) is 3.23. The van der Waals surface area contributed by atoms with Crippen molar-refractivity contribution >= 4 is 23.3 Å². The third-order valence-electron chi connectivity index (χ3n) is 6.90. The van der Waals surface area contributed by atoms with E-state index in [0.717, 1.165) is 5.56 Å². The molecular weight excluding hydrogens is 500 g/mol. The number of carbonyl (C=O) groups excluding carboxylic acids is 2. The predicted molar refractivity (Wildman–Crippen MR) is 147 cm³/mol. The summed E-state index contributed by atoms with van der Waals surface area (Å²) in [6.07, 6.45) is 3.21. The second-order valence-electron chi connectivity index (χ2n) is 10.1. The maximum atomic E-state index is 13.7. The number of aryl methyl sites for hydroxylation is 2. The summed E-state index contributed by atoms with van der Waals surface area (Å²) in [6.45, 7) is 8.79. The topological polar surface area (TPSA) is 133 Å². The highest BCUT2D eigenvalue weighted by Gasteiger charge is 2.34. The van der Waals surface area contributed by atoms with E-state index in [-0.39, 0.29) is 30.6 Å². The van der Waals surface area contributed by atoms with Gasteiger partial charge in [0.15, 0.2) is 11.5 Å². The molecule has 0 fully saturated rings. The maximum Gasteiger partial charge on any atom is 0.323 e. The summed E-state index contributed by atoms with van der Waals surface area (Å²) in [4.78, 5) is 34.5. The summed E-state index contributed by atoms with van der Waals surface area (Å²) in [5, 5.41) is 19.4. The molecule has 2 aromatic heterocycles. The molecule has 1 aliphatic heterocycles. The van der Waals surface area contributed by atoms with E-state index in [4.69, 9.17) is 9.26 Å². The minimum atomic E-state index is -0.518. The van der Waals surface area contributed by atoms with Crippen molar-refractivity contribution in [3.05, 3.63) is 65.3 Å². The molecule has 0 spiro atoms. The largest absolute Gasteiger partial charge is 0.486 e. The SMILES string of the molecule is Cc1noc(C)c1NC(=O)Nc1cccc2c1O[C@H](CN(C)Cc1ccncc1)[C@@H](C)CN([C@H](C)CO)C2=O. The number of nitrogens with one attached hydrogen (secondary N) is 2. The molecule has 0 unspecified atom stereocenters. The molecular formula is C28H36N6O5. The van der Waals surface area contributed by atoms with Crippen LogP contribution in [0, 0.1) is 19.8 Å². The molecule has 3 amide bonds. The average molecular weight is 537 g/mol. The minimum absolute atomic E-state index is 0.0693. The van der Waals surface area contributed by atoms with Crippen LogP contribution in [0.4, 0.5) is 16.2 Å². The number of nitrogens with zero attached hydrogens (tertiary/aromatic N) is 4. The van der Waals surface area contributed by atoms with Gasteiger partial charge in [-0.15, -0.1) is 0 Å². The molecule has 208 valence electrons. The van der Waals surface area contributed by atoms with Crippen molar-refractivity contribution in [2.75, 3.05) is 37.4 Å². The first-order valence-electron chi connectivity index (χ1n) is 13.0. The van der Waals surface area contributed by atoms with E-state index < -0.39 is 6.03 Å². The Bertz CT molecular complexity index is 1280. The minimum Gasteiger partial charge on any atom is -0.486 e. The summed E-state index contributed by atoms with van der Waals surface area (Å²) < 4.78 is 11.7. The summed E-state index contributed by atoms with van der Waals surface area (Å²) in [5.74, 6) is 0.439. The van der Waals surface area contributed by atoms with Crippen LogP contribution in [0.3, 0.4) is 0 Å². The van der Waals surface area contributed by atoms with Crippen molar-refractivity contribution < 1.29 is 24.0 Å². The van der Waals surface area contributed by atoms with Crippen LogP contribution in [0.2, 0.25) is 0 Å². The second kappa shape index (κ2) is 12.3. The number of benzene rings is 1. The quantitative estimate of drug-likeness (QED) is 0.397. The monoisotopic (exact) mass is 536 g/mol.